The fourth-order valence-electron chi connectivity index (χ4n) is 0.809. The van der Waals surface area contributed by atoms with Crippen LogP contribution in [0.5, 0.6) is 0 Å². The standard InChI is InChI=1S/C7H8ClF2NS/c8-6-1-5(3-12-6)2-7(9,10)4-11/h1,3H,2,4,11H2. The van der Waals surface area contributed by atoms with Gasteiger partial charge in [0.1, 0.15) is 0 Å². The molecule has 0 radical (unpaired) electrons. The van der Waals surface area contributed by atoms with Crippen molar-refractivity contribution in [3.05, 3.63) is 21.3 Å². The van der Waals surface area contributed by atoms with E-state index in [1.54, 1.807) is 5.38 Å². The quantitative estimate of drug-likeness (QED) is 0.817. The second-order valence-electron chi connectivity index (χ2n) is 2.50. The second-order valence-corrected chi connectivity index (χ2v) is 4.04. The van der Waals surface area contributed by atoms with E-state index in [1.165, 1.54) is 17.4 Å². The number of thiophene rings is 1. The van der Waals surface area contributed by atoms with E-state index in [9.17, 15) is 8.78 Å². The van der Waals surface area contributed by atoms with Gasteiger partial charge in [0.15, 0.2) is 0 Å². The highest BCUT2D eigenvalue weighted by molar-refractivity contribution is 7.14. The molecule has 0 amide bonds. The van der Waals surface area contributed by atoms with Gasteiger partial charge in [-0.1, -0.05) is 11.6 Å². The molecule has 0 fully saturated rings. The summed E-state index contributed by atoms with van der Waals surface area (Å²) in [6.45, 7) is -0.625. The molecular formula is C7H8ClF2NS. The van der Waals surface area contributed by atoms with Crippen LogP contribution in [0.2, 0.25) is 4.34 Å². The molecule has 12 heavy (non-hydrogen) atoms. The smallest absolute Gasteiger partial charge is 0.264 e. The summed E-state index contributed by atoms with van der Waals surface area (Å²) in [5.74, 6) is -2.82. The van der Waals surface area contributed by atoms with Gasteiger partial charge in [0.25, 0.3) is 5.92 Å². The first-order valence-corrected chi connectivity index (χ1v) is 4.60. The molecule has 0 aromatic carbocycles. The van der Waals surface area contributed by atoms with E-state index in [0.29, 0.717) is 9.90 Å². The molecule has 0 unspecified atom stereocenters. The normalized spacial score (nSPS) is 12.0. The van der Waals surface area contributed by atoms with Crippen LogP contribution in [-0.2, 0) is 6.42 Å². The molecular weight excluding hydrogens is 204 g/mol. The van der Waals surface area contributed by atoms with Gasteiger partial charge in [-0.25, -0.2) is 8.78 Å². The van der Waals surface area contributed by atoms with Crippen molar-refractivity contribution < 1.29 is 8.78 Å². The van der Waals surface area contributed by atoms with Crippen molar-refractivity contribution in [2.24, 2.45) is 5.73 Å². The van der Waals surface area contributed by atoms with Gasteiger partial charge in [0.2, 0.25) is 0 Å². The van der Waals surface area contributed by atoms with Crippen molar-refractivity contribution in [3.63, 3.8) is 0 Å². The zero-order valence-electron chi connectivity index (χ0n) is 6.19. The lowest BCUT2D eigenvalue weighted by molar-refractivity contribution is 0.0116. The summed E-state index contributed by atoms with van der Waals surface area (Å²) in [6.07, 6.45) is -0.327. The maximum absolute atomic E-state index is 12.7. The predicted octanol–water partition coefficient (Wildman–Crippen LogP) is 2.54. The minimum absolute atomic E-state index is 0.327. The van der Waals surface area contributed by atoms with Crippen LogP contribution >= 0.6 is 22.9 Å². The molecule has 0 aliphatic carbocycles. The molecule has 1 aromatic rings. The molecule has 5 heteroatoms. The Morgan fingerprint density at radius 2 is 2.25 bits per heavy atom. The molecule has 1 aromatic heterocycles. The van der Waals surface area contributed by atoms with Crippen LogP contribution in [0.4, 0.5) is 8.78 Å². The summed E-state index contributed by atoms with van der Waals surface area (Å²) in [4.78, 5) is 0. The van der Waals surface area contributed by atoms with E-state index in [2.05, 4.69) is 0 Å². The Hall–Kier alpha value is -0.190. The van der Waals surface area contributed by atoms with E-state index in [-0.39, 0.29) is 6.42 Å². The summed E-state index contributed by atoms with van der Waals surface area (Å²) in [6, 6.07) is 1.54. The molecule has 0 atom stereocenters. The molecule has 0 aliphatic rings. The number of alkyl halides is 2. The summed E-state index contributed by atoms with van der Waals surface area (Å²) in [5.41, 5.74) is 5.42. The first-order valence-electron chi connectivity index (χ1n) is 3.34. The molecule has 1 rings (SSSR count). The van der Waals surface area contributed by atoms with Crippen molar-refractivity contribution in [2.75, 3.05) is 6.54 Å². The Balaban J connectivity index is 2.63. The van der Waals surface area contributed by atoms with Gasteiger partial charge in [0, 0.05) is 6.42 Å². The number of rotatable bonds is 3. The van der Waals surface area contributed by atoms with Gasteiger partial charge in [-0.2, -0.15) is 0 Å². The van der Waals surface area contributed by atoms with E-state index in [1.807, 2.05) is 0 Å². The molecule has 2 N–H and O–H groups in total. The highest BCUT2D eigenvalue weighted by atomic mass is 35.5. The molecule has 1 heterocycles. The van der Waals surface area contributed by atoms with Crippen molar-refractivity contribution >= 4 is 22.9 Å². The van der Waals surface area contributed by atoms with E-state index in [4.69, 9.17) is 17.3 Å². The molecule has 68 valence electrons. The van der Waals surface area contributed by atoms with E-state index >= 15 is 0 Å². The van der Waals surface area contributed by atoms with Crippen molar-refractivity contribution in [1.29, 1.82) is 0 Å². The van der Waals surface area contributed by atoms with Crippen LogP contribution in [0.25, 0.3) is 0 Å². The first-order chi connectivity index (χ1) is 5.53. The summed E-state index contributed by atoms with van der Waals surface area (Å²) in [5, 5.41) is 1.62. The van der Waals surface area contributed by atoms with Crippen LogP contribution in [0.1, 0.15) is 5.56 Å². The molecule has 1 nitrogen and oxygen atoms in total. The van der Waals surface area contributed by atoms with Crippen molar-refractivity contribution in [3.8, 4) is 0 Å². The number of halogens is 3. The third-order valence-corrected chi connectivity index (χ3v) is 2.52. The van der Waals surface area contributed by atoms with Crippen molar-refractivity contribution in [1.82, 2.24) is 0 Å². The lowest BCUT2D eigenvalue weighted by Gasteiger charge is -2.11. The lowest BCUT2D eigenvalue weighted by Crippen LogP contribution is -2.29. The highest BCUT2D eigenvalue weighted by Crippen LogP contribution is 2.25. The zero-order chi connectivity index (χ0) is 9.19. The third kappa shape index (κ3) is 2.69. The Kier molecular flexibility index (Phi) is 3.04. The van der Waals surface area contributed by atoms with Crippen LogP contribution in [0, 0.1) is 0 Å². The molecule has 0 saturated heterocycles. The summed E-state index contributed by atoms with van der Waals surface area (Å²) in [7, 11) is 0. The van der Waals surface area contributed by atoms with E-state index in [0.717, 1.165) is 0 Å². The Morgan fingerprint density at radius 1 is 1.58 bits per heavy atom. The first kappa shape index (κ1) is 9.89. The Labute approximate surface area is 78.1 Å². The molecule has 0 saturated carbocycles. The molecule has 0 bridgehead atoms. The number of hydrogen-bond donors (Lipinski definition) is 1. The minimum Gasteiger partial charge on any atom is -0.325 e. The fourth-order valence-corrected chi connectivity index (χ4v) is 1.72. The van der Waals surface area contributed by atoms with Crippen molar-refractivity contribution in [2.45, 2.75) is 12.3 Å². The third-order valence-electron chi connectivity index (χ3n) is 1.38. The summed E-state index contributed by atoms with van der Waals surface area (Å²) < 4.78 is 25.9. The second kappa shape index (κ2) is 3.68. The van der Waals surface area contributed by atoms with Gasteiger partial charge in [-0.15, -0.1) is 11.3 Å². The maximum atomic E-state index is 12.7. The lowest BCUT2D eigenvalue weighted by atomic mass is 10.1. The van der Waals surface area contributed by atoms with Crippen LogP contribution in [0.3, 0.4) is 0 Å². The van der Waals surface area contributed by atoms with Gasteiger partial charge < -0.3 is 5.73 Å². The SMILES string of the molecule is NCC(F)(F)Cc1csc(Cl)c1. The predicted molar refractivity (Wildman–Crippen MR) is 47.0 cm³/mol. The van der Waals surface area contributed by atoms with Crippen LogP contribution in [-0.4, -0.2) is 12.5 Å². The average Bonchev–Trinajstić information content (AvgIpc) is 2.35. The highest BCUT2D eigenvalue weighted by Gasteiger charge is 2.27. The van der Waals surface area contributed by atoms with Gasteiger partial charge in [-0.05, 0) is 17.0 Å². The number of nitrogens with two attached hydrogens (primary N) is 1. The fraction of sp³-hybridized carbons (Fsp3) is 0.429. The van der Waals surface area contributed by atoms with Crippen LogP contribution < -0.4 is 5.73 Å². The molecule has 0 spiro atoms. The van der Waals surface area contributed by atoms with Gasteiger partial charge in [-0.3, -0.25) is 0 Å². The van der Waals surface area contributed by atoms with Gasteiger partial charge >= 0.3 is 0 Å². The maximum Gasteiger partial charge on any atom is 0.264 e. The topological polar surface area (TPSA) is 26.0 Å². The Bertz CT molecular complexity index is 262. The largest absolute Gasteiger partial charge is 0.325 e. The monoisotopic (exact) mass is 211 g/mol. The zero-order valence-corrected chi connectivity index (χ0v) is 7.76. The van der Waals surface area contributed by atoms with Crippen LogP contribution in [0.15, 0.2) is 11.4 Å². The minimum atomic E-state index is -2.82. The number of hydrogen-bond acceptors (Lipinski definition) is 2. The average molecular weight is 212 g/mol. The van der Waals surface area contributed by atoms with Gasteiger partial charge in [0.05, 0.1) is 10.9 Å². The van der Waals surface area contributed by atoms with E-state index < -0.39 is 12.5 Å². The Morgan fingerprint density at radius 3 is 2.67 bits per heavy atom. The summed E-state index contributed by atoms with van der Waals surface area (Å²) >= 11 is 6.82. The molecule has 0 aliphatic heterocycles.